The van der Waals surface area contributed by atoms with Crippen LogP contribution >= 0.6 is 0 Å². The maximum absolute atomic E-state index is 7.10. The van der Waals surface area contributed by atoms with Crippen molar-refractivity contribution >= 4 is 6.21 Å². The Morgan fingerprint density at radius 2 is 2.23 bits per heavy atom. The first-order valence-corrected chi connectivity index (χ1v) is 4.55. The van der Waals surface area contributed by atoms with Gasteiger partial charge in [-0.3, -0.25) is 0 Å². The third-order valence-electron chi connectivity index (χ3n) is 2.13. The molecule has 0 spiro atoms. The van der Waals surface area contributed by atoms with Crippen LogP contribution in [0.1, 0.15) is 26.7 Å². The second-order valence-corrected chi connectivity index (χ2v) is 3.22. The van der Waals surface area contributed by atoms with Crippen LogP contribution in [0.15, 0.2) is 35.2 Å². The summed E-state index contributed by atoms with van der Waals surface area (Å²) >= 11 is 0. The number of allylic oxidation sites excluding steroid dienone is 5. The molecule has 0 atom stereocenters. The van der Waals surface area contributed by atoms with Gasteiger partial charge >= 0.3 is 0 Å². The molecule has 0 unspecified atom stereocenters. The van der Waals surface area contributed by atoms with Crippen molar-refractivity contribution in [3.8, 4) is 0 Å². The maximum atomic E-state index is 7.10. The van der Waals surface area contributed by atoms with Gasteiger partial charge in [0.2, 0.25) is 0 Å². The highest BCUT2D eigenvalue weighted by molar-refractivity contribution is 5.75. The third-order valence-corrected chi connectivity index (χ3v) is 2.13. The molecule has 1 aliphatic rings. The monoisotopic (exact) mass is 176 g/mol. The predicted molar refractivity (Wildman–Crippen MR) is 56.8 cm³/mol. The Hall–Kier alpha value is -1.31. The molecule has 2 heteroatoms. The van der Waals surface area contributed by atoms with Crippen LogP contribution in [0.3, 0.4) is 0 Å². The fraction of sp³-hybridized carbons (Fsp3) is 0.364. The lowest BCUT2D eigenvalue weighted by Gasteiger charge is -2.11. The van der Waals surface area contributed by atoms with E-state index in [4.69, 9.17) is 5.41 Å². The van der Waals surface area contributed by atoms with E-state index in [-0.39, 0.29) is 0 Å². The van der Waals surface area contributed by atoms with Gasteiger partial charge in [-0.05, 0) is 38.3 Å². The number of hydrogen-bond donors (Lipinski definition) is 2. The summed E-state index contributed by atoms with van der Waals surface area (Å²) in [6, 6.07) is 0. The molecule has 0 fully saturated rings. The van der Waals surface area contributed by atoms with Gasteiger partial charge in [0.15, 0.2) is 0 Å². The van der Waals surface area contributed by atoms with Crippen LogP contribution in [-0.4, -0.2) is 6.21 Å². The van der Waals surface area contributed by atoms with Crippen LogP contribution in [0.5, 0.6) is 0 Å². The molecule has 0 heterocycles. The van der Waals surface area contributed by atoms with Gasteiger partial charge in [-0.25, -0.2) is 0 Å². The lowest BCUT2D eigenvalue weighted by molar-refractivity contribution is 0.925. The lowest BCUT2D eigenvalue weighted by atomic mass is 10.1. The van der Waals surface area contributed by atoms with Crippen molar-refractivity contribution in [1.29, 1.82) is 5.41 Å². The highest BCUT2D eigenvalue weighted by atomic mass is 14.9. The molecule has 2 N–H and O–H groups in total. The molecule has 0 radical (unpaired) electrons. The van der Waals surface area contributed by atoms with Gasteiger partial charge in [-0.1, -0.05) is 12.2 Å². The Kier molecular flexibility index (Phi) is 3.50. The normalized spacial score (nSPS) is 17.5. The number of rotatable bonds is 3. The van der Waals surface area contributed by atoms with Crippen molar-refractivity contribution in [2.24, 2.45) is 0 Å². The van der Waals surface area contributed by atoms with E-state index in [0.29, 0.717) is 0 Å². The Morgan fingerprint density at radius 3 is 2.77 bits per heavy atom. The summed E-state index contributed by atoms with van der Waals surface area (Å²) in [7, 11) is 0. The zero-order valence-electron chi connectivity index (χ0n) is 8.22. The van der Waals surface area contributed by atoms with Crippen LogP contribution in [0.25, 0.3) is 0 Å². The van der Waals surface area contributed by atoms with Crippen LogP contribution in [0.4, 0.5) is 0 Å². The Morgan fingerprint density at radius 1 is 1.46 bits per heavy atom. The molecule has 0 bridgehead atoms. The molecule has 0 saturated carbocycles. The Labute approximate surface area is 79.5 Å². The number of hydrogen-bond acceptors (Lipinski definition) is 2. The fourth-order valence-electron chi connectivity index (χ4n) is 1.13. The average molecular weight is 176 g/mol. The minimum absolute atomic E-state index is 0.972. The van der Waals surface area contributed by atoms with E-state index in [2.05, 4.69) is 23.5 Å². The summed E-state index contributed by atoms with van der Waals surface area (Å²) in [5.74, 6) is 0. The molecule has 1 aliphatic carbocycles. The van der Waals surface area contributed by atoms with Crippen molar-refractivity contribution < 1.29 is 0 Å². The van der Waals surface area contributed by atoms with Crippen molar-refractivity contribution in [1.82, 2.24) is 5.32 Å². The highest BCUT2D eigenvalue weighted by Gasteiger charge is 1.98. The quantitative estimate of drug-likeness (QED) is 0.637. The summed E-state index contributed by atoms with van der Waals surface area (Å²) in [5, 5.41) is 10.4. The van der Waals surface area contributed by atoms with E-state index in [9.17, 15) is 0 Å². The van der Waals surface area contributed by atoms with Gasteiger partial charge in [0.05, 0.1) is 0 Å². The molecular formula is C11H16N2. The van der Waals surface area contributed by atoms with Gasteiger partial charge in [0.25, 0.3) is 0 Å². The first kappa shape index (κ1) is 9.78. The summed E-state index contributed by atoms with van der Waals surface area (Å²) in [6.45, 7) is 3.92. The van der Waals surface area contributed by atoms with Gasteiger partial charge in [-0.15, -0.1) is 0 Å². The molecule has 0 aromatic heterocycles. The van der Waals surface area contributed by atoms with Crippen LogP contribution < -0.4 is 5.32 Å². The van der Waals surface area contributed by atoms with Gasteiger partial charge in [0, 0.05) is 17.6 Å². The van der Waals surface area contributed by atoms with Crippen molar-refractivity contribution in [2.75, 3.05) is 0 Å². The molecule has 2 nitrogen and oxygen atoms in total. The molecule has 0 aromatic carbocycles. The van der Waals surface area contributed by atoms with Crippen molar-refractivity contribution in [3.05, 3.63) is 35.2 Å². The van der Waals surface area contributed by atoms with Crippen LogP contribution in [0, 0.1) is 5.41 Å². The zero-order valence-corrected chi connectivity index (χ0v) is 8.22. The molecule has 0 aliphatic heterocycles. The average Bonchev–Trinajstić information content (AvgIpc) is 2.18. The second-order valence-electron chi connectivity index (χ2n) is 3.22. The van der Waals surface area contributed by atoms with E-state index < -0.39 is 0 Å². The van der Waals surface area contributed by atoms with E-state index in [1.54, 1.807) is 0 Å². The van der Waals surface area contributed by atoms with E-state index >= 15 is 0 Å². The van der Waals surface area contributed by atoms with Crippen LogP contribution in [-0.2, 0) is 0 Å². The molecule has 1 rings (SSSR count). The first-order valence-electron chi connectivity index (χ1n) is 4.55. The molecule has 0 aromatic rings. The summed E-state index contributed by atoms with van der Waals surface area (Å²) in [6.07, 6.45) is 10.0. The summed E-state index contributed by atoms with van der Waals surface area (Å²) in [5.41, 5.74) is 3.16. The molecule has 0 amide bonds. The standard InChI is InChI=1S/C11H16N2/c1-9(8-12)10(2)13-11-6-4-3-5-7-11/h4,6-8,12-13H,3,5H2,1-2H3/b10-9-,12-8?. The largest absolute Gasteiger partial charge is 0.359 e. The summed E-state index contributed by atoms with van der Waals surface area (Å²) in [4.78, 5) is 0. The SMILES string of the molecule is C/C(C=N)=C(\C)NC1=CCCC=C1. The predicted octanol–water partition coefficient (Wildman–Crippen LogP) is 2.75. The minimum atomic E-state index is 0.972. The topological polar surface area (TPSA) is 35.9 Å². The van der Waals surface area contributed by atoms with E-state index in [1.165, 1.54) is 6.21 Å². The molecule has 13 heavy (non-hydrogen) atoms. The third kappa shape index (κ3) is 2.90. The van der Waals surface area contributed by atoms with Gasteiger partial charge in [-0.2, -0.15) is 0 Å². The Balaban J connectivity index is 2.63. The summed E-state index contributed by atoms with van der Waals surface area (Å²) < 4.78 is 0. The molecular weight excluding hydrogens is 160 g/mol. The number of nitrogens with one attached hydrogen (secondary N) is 2. The van der Waals surface area contributed by atoms with Crippen LogP contribution in [0.2, 0.25) is 0 Å². The van der Waals surface area contributed by atoms with Crippen molar-refractivity contribution in [3.63, 3.8) is 0 Å². The first-order chi connectivity index (χ1) is 6.24. The minimum Gasteiger partial charge on any atom is -0.359 e. The fourth-order valence-corrected chi connectivity index (χ4v) is 1.13. The van der Waals surface area contributed by atoms with Crippen molar-refractivity contribution in [2.45, 2.75) is 26.7 Å². The maximum Gasteiger partial charge on any atom is 0.0338 e. The highest BCUT2D eigenvalue weighted by Crippen LogP contribution is 2.09. The van der Waals surface area contributed by atoms with Gasteiger partial charge in [0.1, 0.15) is 0 Å². The zero-order chi connectivity index (χ0) is 9.68. The molecule has 0 saturated heterocycles. The molecule has 70 valence electrons. The van der Waals surface area contributed by atoms with E-state index in [1.807, 2.05) is 13.8 Å². The Bertz CT molecular complexity index is 282. The van der Waals surface area contributed by atoms with Gasteiger partial charge < -0.3 is 10.7 Å². The second kappa shape index (κ2) is 4.65. The lowest BCUT2D eigenvalue weighted by Crippen LogP contribution is -2.12. The van der Waals surface area contributed by atoms with E-state index in [0.717, 1.165) is 29.8 Å². The smallest absolute Gasteiger partial charge is 0.0338 e.